The van der Waals surface area contributed by atoms with Crippen molar-refractivity contribution in [2.24, 2.45) is 5.41 Å². The number of ether oxygens (including phenoxy) is 2. The minimum Gasteiger partial charge on any atom is -0.504 e. The highest BCUT2D eigenvalue weighted by atomic mass is 16.5. The van der Waals surface area contributed by atoms with Crippen molar-refractivity contribution in [3.8, 4) is 11.5 Å². The second-order valence-corrected chi connectivity index (χ2v) is 12.4. The maximum absolute atomic E-state index is 13.0. The van der Waals surface area contributed by atoms with Crippen LogP contribution >= 0.6 is 0 Å². The molecule has 2 N–H and O–H groups in total. The van der Waals surface area contributed by atoms with Gasteiger partial charge in [-0.05, 0) is 74.8 Å². The fourth-order valence-electron chi connectivity index (χ4n) is 6.90. The number of unbranched alkanes of at least 4 members (excludes halogenated alkanes) is 2. The third-order valence-electron chi connectivity index (χ3n) is 9.00. The van der Waals surface area contributed by atoms with E-state index in [1.165, 1.54) is 19.8 Å². The molecule has 2 atom stereocenters. The lowest BCUT2D eigenvalue weighted by molar-refractivity contribution is -0.148. The Hall–Kier alpha value is -2.28. The Morgan fingerprint density at radius 2 is 1.87 bits per heavy atom. The van der Waals surface area contributed by atoms with Gasteiger partial charge in [-0.2, -0.15) is 0 Å². The number of likely N-dealkylation sites (tertiary alicyclic amines) is 1. The monoisotopic (exact) mass is 543 g/mol. The number of aliphatic hydroxyl groups is 1. The second kappa shape index (κ2) is 13.9. The van der Waals surface area contributed by atoms with Gasteiger partial charge in [0.15, 0.2) is 11.5 Å². The van der Waals surface area contributed by atoms with Crippen LogP contribution in [-0.4, -0.2) is 51.8 Å². The first-order valence-electron chi connectivity index (χ1n) is 15.4. The molecule has 4 rings (SSSR count). The Morgan fingerprint density at radius 3 is 2.56 bits per heavy atom. The number of esters is 1. The smallest absolute Gasteiger partial charge is 0.302 e. The Kier molecular flexibility index (Phi) is 10.6. The van der Waals surface area contributed by atoms with Crippen molar-refractivity contribution in [3.05, 3.63) is 23.3 Å². The molecule has 3 aliphatic rings. The van der Waals surface area contributed by atoms with Gasteiger partial charge in [-0.1, -0.05) is 45.1 Å². The number of aryl methyl sites for hydroxylation is 1. The van der Waals surface area contributed by atoms with Gasteiger partial charge in [0.1, 0.15) is 6.10 Å². The van der Waals surface area contributed by atoms with Crippen LogP contribution in [0.4, 0.5) is 0 Å². The van der Waals surface area contributed by atoms with E-state index in [9.17, 15) is 19.8 Å². The second-order valence-electron chi connectivity index (χ2n) is 12.4. The summed E-state index contributed by atoms with van der Waals surface area (Å²) in [6.07, 6.45) is 14.1. The highest BCUT2D eigenvalue weighted by Gasteiger charge is 2.44. The normalized spacial score (nSPS) is 20.6. The van der Waals surface area contributed by atoms with Gasteiger partial charge >= 0.3 is 5.97 Å². The number of benzene rings is 1. The lowest BCUT2D eigenvalue weighted by atomic mass is 9.85. The molecular weight excluding hydrogens is 494 g/mol. The van der Waals surface area contributed by atoms with Crippen molar-refractivity contribution < 1.29 is 29.3 Å². The van der Waals surface area contributed by atoms with Crippen molar-refractivity contribution in [1.82, 2.24) is 4.90 Å². The van der Waals surface area contributed by atoms with Crippen LogP contribution in [0.1, 0.15) is 121 Å². The average Bonchev–Trinajstić information content (AvgIpc) is 3.63. The summed E-state index contributed by atoms with van der Waals surface area (Å²) in [5.41, 5.74) is 1.81. The number of amides is 1. The summed E-state index contributed by atoms with van der Waals surface area (Å²) in [5.74, 6) is 0.451. The predicted molar refractivity (Wildman–Crippen MR) is 151 cm³/mol. The first kappa shape index (κ1) is 29.7. The van der Waals surface area contributed by atoms with Crippen LogP contribution in [0.5, 0.6) is 11.5 Å². The number of nitrogens with zero attached hydrogens (tertiary/aromatic N) is 1. The molecule has 1 aromatic rings. The van der Waals surface area contributed by atoms with E-state index in [2.05, 4.69) is 6.92 Å². The number of rotatable bonds is 14. The van der Waals surface area contributed by atoms with E-state index >= 15 is 0 Å². The maximum atomic E-state index is 13.0. The van der Waals surface area contributed by atoms with Gasteiger partial charge in [0, 0.05) is 38.4 Å². The largest absolute Gasteiger partial charge is 0.504 e. The fourth-order valence-corrected chi connectivity index (χ4v) is 6.90. The third-order valence-corrected chi connectivity index (χ3v) is 9.00. The van der Waals surface area contributed by atoms with Gasteiger partial charge in [-0.15, -0.1) is 0 Å². The van der Waals surface area contributed by atoms with Crippen LogP contribution < -0.4 is 4.74 Å². The van der Waals surface area contributed by atoms with Crippen LogP contribution in [0.3, 0.4) is 0 Å². The first-order chi connectivity index (χ1) is 18.8. The summed E-state index contributed by atoms with van der Waals surface area (Å²) in [4.78, 5) is 26.7. The molecule has 7 nitrogen and oxygen atoms in total. The Bertz CT molecular complexity index is 966. The van der Waals surface area contributed by atoms with E-state index in [4.69, 9.17) is 9.47 Å². The van der Waals surface area contributed by atoms with Crippen LogP contribution in [0.25, 0.3) is 0 Å². The first-order valence-corrected chi connectivity index (χ1v) is 15.4. The minimum absolute atomic E-state index is 0.0984. The fraction of sp³-hybridized carbons (Fsp3) is 0.750. The Balaban J connectivity index is 1.48. The lowest BCUT2D eigenvalue weighted by Crippen LogP contribution is -2.27. The van der Waals surface area contributed by atoms with Gasteiger partial charge in [-0.3, -0.25) is 9.59 Å². The zero-order chi connectivity index (χ0) is 27.8. The molecule has 0 radical (unpaired) electrons. The molecule has 1 aromatic carbocycles. The molecule has 1 heterocycles. The molecule has 0 bridgehead atoms. The quantitative estimate of drug-likeness (QED) is 0.214. The van der Waals surface area contributed by atoms with Crippen molar-refractivity contribution in [3.63, 3.8) is 0 Å². The predicted octanol–water partition coefficient (Wildman–Crippen LogP) is 6.20. The van der Waals surface area contributed by atoms with E-state index in [1.54, 1.807) is 0 Å². The zero-order valence-corrected chi connectivity index (χ0v) is 24.1. The molecule has 1 aliphatic heterocycles. The van der Waals surface area contributed by atoms with Crippen molar-refractivity contribution in [1.29, 1.82) is 0 Å². The molecule has 1 spiro atoms. The van der Waals surface area contributed by atoms with Crippen LogP contribution in [0, 0.1) is 5.41 Å². The van der Waals surface area contributed by atoms with Gasteiger partial charge in [0.2, 0.25) is 5.91 Å². The van der Waals surface area contributed by atoms with Crippen molar-refractivity contribution in [2.75, 3.05) is 6.54 Å². The summed E-state index contributed by atoms with van der Waals surface area (Å²) < 4.78 is 11.9. The van der Waals surface area contributed by atoms with Gasteiger partial charge in [0.25, 0.3) is 0 Å². The van der Waals surface area contributed by atoms with E-state index < -0.39 is 6.10 Å². The van der Waals surface area contributed by atoms with Crippen LogP contribution in [0.15, 0.2) is 12.1 Å². The van der Waals surface area contributed by atoms with E-state index in [-0.39, 0.29) is 35.2 Å². The Morgan fingerprint density at radius 1 is 1.13 bits per heavy atom. The molecule has 1 amide bonds. The average molecular weight is 544 g/mol. The summed E-state index contributed by atoms with van der Waals surface area (Å²) in [6.45, 7) is 4.69. The number of hydrogen-bond acceptors (Lipinski definition) is 6. The van der Waals surface area contributed by atoms with Crippen LogP contribution in [0.2, 0.25) is 0 Å². The van der Waals surface area contributed by atoms with Crippen molar-refractivity contribution in [2.45, 2.75) is 141 Å². The van der Waals surface area contributed by atoms with Gasteiger partial charge in [-0.25, -0.2) is 0 Å². The molecule has 2 unspecified atom stereocenters. The highest BCUT2D eigenvalue weighted by molar-refractivity contribution is 5.79. The standard InChI is InChI=1S/C32H49NO6/c1-3-4-5-10-26(35)19-28(38-23(2)34)14-13-24-17-25(31(37)29(18-24)39-27-11-6-7-12-27)21-33-22-32(20-30(33)36)15-8-9-16-32/h17-18,26-28,35,37H,3-16,19-22H2,1-2H3. The third kappa shape index (κ3) is 8.36. The number of aliphatic hydroxyl groups excluding tert-OH is 1. The molecule has 0 aromatic heterocycles. The van der Waals surface area contributed by atoms with Gasteiger partial charge in [0.05, 0.1) is 12.2 Å². The molecule has 2 saturated carbocycles. The number of carbonyl (C=O) groups is 2. The minimum atomic E-state index is -0.498. The number of carbonyl (C=O) groups excluding carboxylic acids is 2. The topological polar surface area (TPSA) is 96.3 Å². The molecular formula is C32H49NO6. The van der Waals surface area contributed by atoms with E-state index in [0.29, 0.717) is 50.0 Å². The van der Waals surface area contributed by atoms with Crippen LogP contribution in [-0.2, 0) is 27.3 Å². The number of aromatic hydroxyl groups is 1. The summed E-state index contributed by atoms with van der Waals surface area (Å²) in [7, 11) is 0. The SMILES string of the molecule is CCCCCC(O)CC(CCc1cc(CN2CC3(CCCC3)CC2=O)c(O)c(OC2CCCC2)c1)OC(C)=O. The highest BCUT2D eigenvalue weighted by Crippen LogP contribution is 2.47. The molecule has 2 aliphatic carbocycles. The Labute approximate surface area is 234 Å². The zero-order valence-electron chi connectivity index (χ0n) is 24.1. The molecule has 7 heteroatoms. The molecule has 39 heavy (non-hydrogen) atoms. The molecule has 3 fully saturated rings. The van der Waals surface area contributed by atoms with E-state index in [0.717, 1.165) is 69.9 Å². The number of phenolic OH excluding ortho intramolecular Hbond substituents is 1. The van der Waals surface area contributed by atoms with Crippen molar-refractivity contribution >= 4 is 11.9 Å². The summed E-state index contributed by atoms with van der Waals surface area (Å²) in [5, 5.41) is 21.8. The molecule has 218 valence electrons. The molecule has 1 saturated heterocycles. The van der Waals surface area contributed by atoms with Gasteiger partial charge < -0.3 is 24.6 Å². The van der Waals surface area contributed by atoms with E-state index in [1.807, 2.05) is 17.0 Å². The number of phenols is 1. The maximum Gasteiger partial charge on any atom is 0.302 e. The summed E-state index contributed by atoms with van der Waals surface area (Å²) in [6, 6.07) is 3.89. The number of hydrogen-bond donors (Lipinski definition) is 2. The summed E-state index contributed by atoms with van der Waals surface area (Å²) >= 11 is 0. The lowest BCUT2D eigenvalue weighted by Gasteiger charge is -2.24.